The second-order valence-electron chi connectivity index (χ2n) is 10.0. The van der Waals surface area contributed by atoms with Crippen LogP contribution in [0.3, 0.4) is 0 Å². The molecule has 1 spiro atoms. The molecule has 1 saturated carbocycles. The van der Waals surface area contributed by atoms with E-state index in [1.807, 2.05) is 19.9 Å². The zero-order chi connectivity index (χ0) is 23.6. The number of rotatable bonds is 5. The lowest BCUT2D eigenvalue weighted by molar-refractivity contribution is -0.241. The average Bonchev–Trinajstić information content (AvgIpc) is 3.48. The number of hydrogen-bond donors (Lipinski definition) is 1. The van der Waals surface area contributed by atoms with Crippen molar-refractivity contribution in [2.45, 2.75) is 84.1 Å². The Labute approximate surface area is 187 Å². The lowest BCUT2D eigenvalue weighted by Crippen LogP contribution is -2.68. The van der Waals surface area contributed by atoms with E-state index in [0.29, 0.717) is 6.61 Å². The molecule has 2 bridgehead atoms. The summed E-state index contributed by atoms with van der Waals surface area (Å²) >= 11 is 0. The van der Waals surface area contributed by atoms with Crippen LogP contribution in [0.1, 0.15) is 48.0 Å². The summed E-state index contributed by atoms with van der Waals surface area (Å²) in [4.78, 5) is 36.3. The number of carbonyl (C=O) groups is 3. The van der Waals surface area contributed by atoms with Crippen LogP contribution in [-0.2, 0) is 38.1 Å². The molecule has 0 aromatic heterocycles. The van der Waals surface area contributed by atoms with Crippen molar-refractivity contribution in [3.05, 3.63) is 11.6 Å². The third-order valence-electron chi connectivity index (χ3n) is 7.88. The van der Waals surface area contributed by atoms with Gasteiger partial charge in [0.25, 0.3) is 0 Å². The van der Waals surface area contributed by atoms with Gasteiger partial charge in [0, 0.05) is 20.3 Å². The molecule has 32 heavy (non-hydrogen) atoms. The van der Waals surface area contributed by atoms with E-state index in [0.717, 1.165) is 5.57 Å². The van der Waals surface area contributed by atoms with Crippen molar-refractivity contribution in [3.8, 4) is 0 Å². The minimum absolute atomic E-state index is 0.0642. The number of esters is 3. The Morgan fingerprint density at radius 3 is 2.41 bits per heavy atom. The van der Waals surface area contributed by atoms with Crippen LogP contribution in [-0.4, -0.2) is 72.3 Å². The number of aliphatic hydroxyl groups is 1. The predicted molar refractivity (Wildman–Crippen MR) is 109 cm³/mol. The van der Waals surface area contributed by atoms with E-state index in [4.69, 9.17) is 23.7 Å². The minimum Gasteiger partial charge on any atom is -0.465 e. The molecule has 9 nitrogen and oxygen atoms in total. The molecular weight excluding hydrogens is 420 g/mol. The van der Waals surface area contributed by atoms with Crippen LogP contribution in [0.15, 0.2) is 11.6 Å². The average molecular weight is 453 g/mol. The van der Waals surface area contributed by atoms with E-state index >= 15 is 0 Å². The number of hydrogen-bond acceptors (Lipinski definition) is 9. The van der Waals surface area contributed by atoms with E-state index in [1.54, 1.807) is 13.8 Å². The maximum Gasteiger partial charge on any atom is 0.308 e. The largest absolute Gasteiger partial charge is 0.465 e. The van der Waals surface area contributed by atoms with Crippen molar-refractivity contribution in [1.29, 1.82) is 0 Å². The van der Waals surface area contributed by atoms with Gasteiger partial charge in [0.2, 0.25) is 0 Å². The summed E-state index contributed by atoms with van der Waals surface area (Å²) in [5.41, 5.74) is -2.01. The molecule has 2 heterocycles. The number of ether oxygens (including phenoxy) is 5. The van der Waals surface area contributed by atoms with Gasteiger partial charge in [0.1, 0.15) is 36.6 Å². The monoisotopic (exact) mass is 452 g/mol. The molecule has 8 atom stereocenters. The lowest BCUT2D eigenvalue weighted by Gasteiger charge is -2.58. The Balaban J connectivity index is 1.83. The Kier molecular flexibility index (Phi) is 5.46. The van der Waals surface area contributed by atoms with Crippen LogP contribution in [0.2, 0.25) is 0 Å². The highest BCUT2D eigenvalue weighted by Gasteiger charge is 2.86. The zero-order valence-electron chi connectivity index (χ0n) is 19.4. The molecule has 2 saturated heterocycles. The van der Waals surface area contributed by atoms with Gasteiger partial charge >= 0.3 is 17.9 Å². The van der Waals surface area contributed by atoms with E-state index in [-0.39, 0.29) is 24.9 Å². The van der Waals surface area contributed by atoms with Crippen LogP contribution in [0.5, 0.6) is 0 Å². The Hall–Kier alpha value is -1.97. The number of epoxide rings is 1. The molecule has 1 N–H and O–H groups in total. The second kappa shape index (κ2) is 7.53. The Morgan fingerprint density at radius 1 is 1.22 bits per heavy atom. The predicted octanol–water partition coefficient (Wildman–Crippen LogP) is 1.30. The zero-order valence-corrected chi connectivity index (χ0v) is 19.4. The van der Waals surface area contributed by atoms with Crippen LogP contribution >= 0.6 is 0 Å². The van der Waals surface area contributed by atoms with Crippen LogP contribution in [0, 0.1) is 16.7 Å². The maximum absolute atomic E-state index is 12.4. The van der Waals surface area contributed by atoms with Crippen molar-refractivity contribution in [2.24, 2.45) is 16.7 Å². The van der Waals surface area contributed by atoms with Crippen LogP contribution in [0.4, 0.5) is 0 Å². The van der Waals surface area contributed by atoms with Crippen molar-refractivity contribution in [3.63, 3.8) is 0 Å². The highest BCUT2D eigenvalue weighted by Crippen LogP contribution is 2.72. The number of aliphatic hydroxyl groups excluding tert-OH is 1. The number of carbonyl (C=O) groups excluding carboxylic acids is 3. The van der Waals surface area contributed by atoms with Gasteiger partial charge in [-0.1, -0.05) is 26.8 Å². The Bertz CT molecular complexity index is 860. The first-order valence-corrected chi connectivity index (χ1v) is 11.1. The van der Waals surface area contributed by atoms with E-state index in [2.05, 4.69) is 0 Å². The summed E-state index contributed by atoms with van der Waals surface area (Å²) in [7, 11) is 0. The molecule has 2 aliphatic carbocycles. The molecule has 0 aromatic carbocycles. The first-order valence-electron chi connectivity index (χ1n) is 11.1. The van der Waals surface area contributed by atoms with Crippen LogP contribution in [0.25, 0.3) is 0 Å². The summed E-state index contributed by atoms with van der Waals surface area (Å²) in [6.45, 7) is 10.1. The first-order chi connectivity index (χ1) is 14.9. The summed E-state index contributed by atoms with van der Waals surface area (Å²) in [6, 6.07) is 0. The third-order valence-corrected chi connectivity index (χ3v) is 7.88. The van der Waals surface area contributed by atoms with Crippen molar-refractivity contribution in [1.82, 2.24) is 0 Å². The molecule has 4 aliphatic rings. The molecule has 4 rings (SSSR count). The molecule has 3 fully saturated rings. The fourth-order valence-electron chi connectivity index (χ4n) is 6.00. The van der Waals surface area contributed by atoms with Gasteiger partial charge in [-0.3, -0.25) is 14.4 Å². The summed E-state index contributed by atoms with van der Waals surface area (Å²) in [5, 5.41) is 11.1. The summed E-state index contributed by atoms with van der Waals surface area (Å²) in [6.07, 6.45) is -1.76. The van der Waals surface area contributed by atoms with Gasteiger partial charge in [-0.25, -0.2) is 0 Å². The van der Waals surface area contributed by atoms with Gasteiger partial charge < -0.3 is 28.8 Å². The molecule has 0 radical (unpaired) electrons. The molecule has 0 aromatic rings. The highest BCUT2D eigenvalue weighted by molar-refractivity contribution is 5.72. The summed E-state index contributed by atoms with van der Waals surface area (Å²) < 4.78 is 29.3. The maximum atomic E-state index is 12.4. The first kappa shape index (κ1) is 23.2. The SMILES string of the molecule is CC(=O)OC[C@]12C[C@H](OC(=O)C(C)C)C(C)=C[C@H]1O[C@@H]1[C@H](O)[C@@H](OC(C)=O)C2(C)C12CO2. The molecule has 178 valence electrons. The smallest absolute Gasteiger partial charge is 0.308 e. The van der Waals surface area contributed by atoms with Gasteiger partial charge in [-0.2, -0.15) is 0 Å². The van der Waals surface area contributed by atoms with Crippen molar-refractivity contribution in [2.75, 3.05) is 13.2 Å². The van der Waals surface area contributed by atoms with Gasteiger partial charge in [-0.05, 0) is 12.5 Å². The minimum atomic E-state index is -1.11. The fraction of sp³-hybridized carbons (Fsp3) is 0.783. The molecule has 9 heteroatoms. The normalized spacial score (nSPS) is 44.0. The third kappa shape index (κ3) is 3.04. The molecule has 0 amide bonds. The lowest BCUT2D eigenvalue weighted by atomic mass is 9.51. The Morgan fingerprint density at radius 2 is 1.88 bits per heavy atom. The quantitative estimate of drug-likeness (QED) is 0.285. The highest BCUT2D eigenvalue weighted by atomic mass is 16.7. The number of fused-ring (bicyclic) bond motifs is 2. The van der Waals surface area contributed by atoms with Gasteiger partial charge in [-0.15, -0.1) is 0 Å². The second-order valence-corrected chi connectivity index (χ2v) is 10.0. The van der Waals surface area contributed by atoms with Crippen molar-refractivity contribution < 1.29 is 43.2 Å². The fourth-order valence-corrected chi connectivity index (χ4v) is 6.00. The van der Waals surface area contributed by atoms with Gasteiger partial charge in [0.15, 0.2) is 0 Å². The topological polar surface area (TPSA) is 121 Å². The van der Waals surface area contributed by atoms with Crippen LogP contribution < -0.4 is 0 Å². The molecule has 2 unspecified atom stereocenters. The standard InChI is InChI=1S/C23H32O9/c1-11(2)20(27)31-15-8-22(9-28-13(4)24)16(7-12(15)3)32-19-17(26)18(30-14(5)25)21(22,6)23(19)10-29-23/h7,11,15-19,26H,8-10H2,1-6H3/t15-,16+,17+,18+,19+,21?,22+,23?/m0/s1. The van der Waals surface area contributed by atoms with Crippen molar-refractivity contribution >= 4 is 17.9 Å². The summed E-state index contributed by atoms with van der Waals surface area (Å²) in [5.74, 6) is -1.67. The molecule has 2 aliphatic heterocycles. The molecular formula is C23H32O9. The van der Waals surface area contributed by atoms with E-state index < -0.39 is 58.9 Å². The van der Waals surface area contributed by atoms with Gasteiger partial charge in [0.05, 0.1) is 29.5 Å². The van der Waals surface area contributed by atoms with E-state index in [9.17, 15) is 19.5 Å². The van der Waals surface area contributed by atoms with E-state index in [1.165, 1.54) is 13.8 Å².